The molecular formula is C25H49NOSiSn. The average Bonchev–Trinajstić information content (AvgIpc) is 3.10. The fourth-order valence-electron chi connectivity index (χ4n) is 5.64. The Morgan fingerprint density at radius 3 is 1.59 bits per heavy atom. The van der Waals surface area contributed by atoms with Gasteiger partial charge in [0.05, 0.1) is 0 Å². The predicted molar refractivity (Wildman–Crippen MR) is 134 cm³/mol. The van der Waals surface area contributed by atoms with E-state index >= 15 is 0 Å². The van der Waals surface area contributed by atoms with Crippen LogP contribution in [0.5, 0.6) is 0 Å². The Kier molecular flexibility index (Phi) is 12.2. The van der Waals surface area contributed by atoms with Crippen LogP contribution in [-0.2, 0) is 0 Å². The maximum atomic E-state index is 6.75. The number of aromatic nitrogens is 1. The molecule has 2 nitrogen and oxygen atoms in total. The third-order valence-electron chi connectivity index (χ3n) is 7.16. The molecule has 0 aromatic carbocycles. The summed E-state index contributed by atoms with van der Waals surface area (Å²) in [6, 6.07) is 0. The number of oxazole rings is 1. The summed E-state index contributed by atoms with van der Waals surface area (Å²) in [6.45, 7) is 21.5. The summed E-state index contributed by atoms with van der Waals surface area (Å²) in [5, 5.41) is 0. The van der Waals surface area contributed by atoms with Gasteiger partial charge in [-0.25, -0.2) is 0 Å². The molecule has 0 unspecified atom stereocenters. The van der Waals surface area contributed by atoms with E-state index in [1.165, 1.54) is 61.6 Å². The van der Waals surface area contributed by atoms with Gasteiger partial charge in [-0.05, 0) is 0 Å². The quantitative estimate of drug-likeness (QED) is 0.220. The molecule has 0 N–H and O–H groups in total. The molecule has 0 saturated carbocycles. The molecule has 168 valence electrons. The number of nitrogens with zero attached hydrogens (tertiary/aromatic N) is 1. The normalized spacial score (nSPS) is 13.2. The van der Waals surface area contributed by atoms with Gasteiger partial charge in [0.25, 0.3) is 0 Å². The Bertz CT molecular complexity index is 523. The zero-order valence-corrected chi connectivity index (χ0v) is 24.9. The summed E-state index contributed by atoms with van der Waals surface area (Å²) in [7, 11) is -1.78. The van der Waals surface area contributed by atoms with Crippen LogP contribution >= 0.6 is 0 Å². The van der Waals surface area contributed by atoms with Crippen molar-refractivity contribution in [2.24, 2.45) is 0 Å². The van der Waals surface area contributed by atoms with Gasteiger partial charge in [0.2, 0.25) is 0 Å². The third kappa shape index (κ3) is 6.85. The van der Waals surface area contributed by atoms with Crippen LogP contribution in [0.4, 0.5) is 0 Å². The summed E-state index contributed by atoms with van der Waals surface area (Å²) in [5.41, 5.74) is 3.13. The van der Waals surface area contributed by atoms with Gasteiger partial charge in [0.15, 0.2) is 0 Å². The van der Waals surface area contributed by atoms with Crippen LogP contribution in [0.25, 0.3) is 0 Å². The molecule has 1 aromatic rings. The van der Waals surface area contributed by atoms with Crippen molar-refractivity contribution in [1.82, 2.24) is 4.98 Å². The van der Waals surface area contributed by atoms with Crippen LogP contribution in [0.2, 0.25) is 20.1 Å². The van der Waals surface area contributed by atoms with E-state index in [4.69, 9.17) is 9.40 Å². The molecule has 1 aromatic heterocycles. The zero-order chi connectivity index (χ0) is 22.1. The van der Waals surface area contributed by atoms with Crippen molar-refractivity contribution in [2.45, 2.75) is 140 Å². The first-order chi connectivity index (χ1) is 13.7. The predicted octanol–water partition coefficient (Wildman–Crippen LogP) is 7.62. The minimum atomic E-state index is -1.78. The summed E-state index contributed by atoms with van der Waals surface area (Å²) >= 11 is -0.834. The fraction of sp³-hybridized carbons (Fsp3) is 0.880. The second kappa shape index (κ2) is 12.9. The first kappa shape index (κ1) is 27.3. The van der Waals surface area contributed by atoms with Crippen molar-refractivity contribution in [3.05, 3.63) is 6.20 Å². The van der Waals surface area contributed by atoms with Crippen LogP contribution in [0, 0.1) is 0 Å². The molecule has 0 fully saturated rings. The van der Waals surface area contributed by atoms with Gasteiger partial charge < -0.3 is 0 Å². The molecule has 0 saturated heterocycles. The van der Waals surface area contributed by atoms with E-state index in [0.29, 0.717) is 20.1 Å². The van der Waals surface area contributed by atoms with E-state index < -0.39 is 29.2 Å². The number of rotatable bonds is 15. The second-order valence-electron chi connectivity index (χ2n) is 10.1. The molecule has 0 spiro atoms. The molecule has 0 aliphatic carbocycles. The summed E-state index contributed by atoms with van der Waals surface area (Å²) in [4.78, 5) is 5.02. The van der Waals surface area contributed by atoms with Gasteiger partial charge in [-0.15, -0.1) is 0 Å². The first-order valence-electron chi connectivity index (χ1n) is 12.4. The van der Waals surface area contributed by atoms with Crippen molar-refractivity contribution < 1.29 is 4.42 Å². The number of unbranched alkanes of at least 4 members (excludes halogenated alkanes) is 3. The Balaban J connectivity index is 3.25. The van der Waals surface area contributed by atoms with Crippen molar-refractivity contribution >= 4 is 38.5 Å². The van der Waals surface area contributed by atoms with Crippen molar-refractivity contribution in [3.8, 4) is 0 Å². The minimum absolute atomic E-state index is 0.569. The van der Waals surface area contributed by atoms with E-state index in [0.717, 1.165) is 5.51 Å². The SMILES string of the molecule is CCCC[C](CCCC)(CCCC)[Sn][c]1cnc([Si](C(C)C)(C(C)C)C(C)C)o1. The van der Waals surface area contributed by atoms with Crippen molar-refractivity contribution in [2.75, 3.05) is 0 Å². The number of hydrogen-bond acceptors (Lipinski definition) is 2. The Morgan fingerprint density at radius 2 is 1.24 bits per heavy atom. The third-order valence-corrected chi connectivity index (χ3v) is 18.9. The zero-order valence-electron chi connectivity index (χ0n) is 21.0. The molecule has 2 radical (unpaired) electrons. The number of hydrogen-bond donors (Lipinski definition) is 0. The van der Waals surface area contributed by atoms with Crippen LogP contribution in [0.15, 0.2) is 10.6 Å². The van der Waals surface area contributed by atoms with E-state index in [2.05, 4.69) is 68.5 Å². The molecule has 1 heterocycles. The standard InChI is InChI=1S/C13H27.C12H22NOSi.Sn/c1-4-7-10-13(11-8-5-2)12-9-6-3;1-9(2)15(10(3)4,11(5)6)12-13-7-8-14-12;/h4-12H2,1-3H3;7,9-11H,1-6H3;. The van der Waals surface area contributed by atoms with E-state index in [1.807, 2.05) is 0 Å². The molecule has 0 aliphatic rings. The topological polar surface area (TPSA) is 26.0 Å². The van der Waals surface area contributed by atoms with Gasteiger partial charge in [-0.1, -0.05) is 0 Å². The van der Waals surface area contributed by atoms with Crippen LogP contribution in [-0.4, -0.2) is 34.2 Å². The van der Waals surface area contributed by atoms with Gasteiger partial charge >= 0.3 is 194 Å². The molecule has 0 aliphatic heterocycles. The first-order valence-corrected chi connectivity index (χ1v) is 17.5. The van der Waals surface area contributed by atoms with Crippen molar-refractivity contribution in [1.29, 1.82) is 0 Å². The van der Waals surface area contributed by atoms with Crippen LogP contribution in [0.1, 0.15) is 120 Å². The monoisotopic (exact) mass is 527 g/mol. The molecule has 0 bridgehead atoms. The Hall–Kier alpha value is 0.226. The summed E-state index contributed by atoms with van der Waals surface area (Å²) in [6.07, 6.45) is 14.5. The second-order valence-corrected chi connectivity index (χ2v) is 21.0. The van der Waals surface area contributed by atoms with E-state index in [-0.39, 0.29) is 0 Å². The maximum absolute atomic E-state index is 6.75. The van der Waals surface area contributed by atoms with Crippen LogP contribution < -0.4 is 9.29 Å². The molecular weight excluding hydrogens is 477 g/mol. The molecule has 0 amide bonds. The molecule has 4 heteroatoms. The van der Waals surface area contributed by atoms with Crippen LogP contribution in [0.3, 0.4) is 0 Å². The molecule has 1 rings (SSSR count). The Labute approximate surface area is 193 Å². The Morgan fingerprint density at radius 1 is 0.828 bits per heavy atom. The molecule has 0 atom stereocenters. The van der Waals surface area contributed by atoms with Crippen molar-refractivity contribution in [3.63, 3.8) is 0 Å². The molecule has 29 heavy (non-hydrogen) atoms. The van der Waals surface area contributed by atoms with E-state index in [9.17, 15) is 0 Å². The van der Waals surface area contributed by atoms with Gasteiger partial charge in [-0.2, -0.15) is 0 Å². The van der Waals surface area contributed by atoms with Gasteiger partial charge in [0.1, 0.15) is 0 Å². The van der Waals surface area contributed by atoms with Gasteiger partial charge in [-0.3, -0.25) is 0 Å². The summed E-state index contributed by atoms with van der Waals surface area (Å²) < 4.78 is 8.65. The fourth-order valence-corrected chi connectivity index (χ4v) is 16.9. The average molecular weight is 526 g/mol. The summed E-state index contributed by atoms with van der Waals surface area (Å²) in [5.74, 6) is 0. The van der Waals surface area contributed by atoms with E-state index in [1.54, 1.807) is 0 Å². The van der Waals surface area contributed by atoms with Gasteiger partial charge in [0, 0.05) is 0 Å².